The Morgan fingerprint density at radius 1 is 1.14 bits per heavy atom. The van der Waals surface area contributed by atoms with Crippen LogP contribution in [0.15, 0.2) is 53.6 Å². The Hall–Kier alpha value is -3.20. The minimum atomic E-state index is -0.720. The third-order valence-corrected chi connectivity index (χ3v) is 5.32. The number of nitrogens with zero attached hydrogens (tertiary/aromatic N) is 4. The van der Waals surface area contributed by atoms with Gasteiger partial charge < -0.3 is 11.1 Å². The number of nitrogens with two attached hydrogens (primary N) is 1. The van der Waals surface area contributed by atoms with E-state index in [9.17, 15) is 8.78 Å². The van der Waals surface area contributed by atoms with E-state index in [4.69, 9.17) is 5.73 Å². The third-order valence-electron chi connectivity index (χ3n) is 4.59. The smallest absolute Gasteiger partial charge is 0.227 e. The van der Waals surface area contributed by atoms with Gasteiger partial charge in [-0.1, -0.05) is 12.1 Å². The van der Waals surface area contributed by atoms with Gasteiger partial charge in [0.2, 0.25) is 5.95 Å². The molecule has 0 amide bonds. The van der Waals surface area contributed by atoms with Crippen LogP contribution in [-0.2, 0) is 7.05 Å². The van der Waals surface area contributed by atoms with E-state index >= 15 is 0 Å². The van der Waals surface area contributed by atoms with Gasteiger partial charge in [0, 0.05) is 17.5 Å². The predicted molar refractivity (Wildman–Crippen MR) is 111 cm³/mol. The molecule has 0 saturated carbocycles. The van der Waals surface area contributed by atoms with Crippen molar-refractivity contribution in [3.05, 3.63) is 71.4 Å². The lowest BCUT2D eigenvalue weighted by Crippen LogP contribution is -2.17. The van der Waals surface area contributed by atoms with Crippen molar-refractivity contribution in [2.75, 3.05) is 17.3 Å². The van der Waals surface area contributed by atoms with Crippen molar-refractivity contribution >= 4 is 34.6 Å². The van der Waals surface area contributed by atoms with Crippen LogP contribution in [0.2, 0.25) is 0 Å². The molecule has 0 aliphatic heterocycles. The quantitative estimate of drug-likeness (QED) is 0.480. The molecule has 6 nitrogen and oxygen atoms in total. The van der Waals surface area contributed by atoms with Crippen LogP contribution in [0.5, 0.6) is 0 Å². The van der Waals surface area contributed by atoms with Gasteiger partial charge in [-0.05, 0) is 42.2 Å². The number of benzene rings is 2. The van der Waals surface area contributed by atoms with Crippen molar-refractivity contribution < 1.29 is 8.78 Å². The van der Waals surface area contributed by atoms with Gasteiger partial charge in [0.25, 0.3) is 0 Å². The molecule has 1 atom stereocenters. The highest BCUT2D eigenvalue weighted by molar-refractivity contribution is 7.98. The number of thioether (sulfide) groups is 1. The Bertz CT molecular complexity index is 1190. The zero-order valence-electron chi connectivity index (χ0n) is 15.7. The van der Waals surface area contributed by atoms with Crippen molar-refractivity contribution in [2.45, 2.75) is 10.9 Å². The molecule has 148 valence electrons. The summed E-state index contributed by atoms with van der Waals surface area (Å²) < 4.78 is 30.1. The fourth-order valence-corrected chi connectivity index (χ4v) is 3.60. The van der Waals surface area contributed by atoms with Gasteiger partial charge in [-0.2, -0.15) is 15.1 Å². The average molecular weight is 412 g/mol. The molecule has 4 rings (SSSR count). The second-order valence-electron chi connectivity index (χ2n) is 6.46. The van der Waals surface area contributed by atoms with Crippen LogP contribution in [0.25, 0.3) is 11.0 Å². The summed E-state index contributed by atoms with van der Waals surface area (Å²) in [5, 5.41) is 7.88. The molecule has 0 spiro atoms. The molecule has 29 heavy (non-hydrogen) atoms. The van der Waals surface area contributed by atoms with E-state index in [0.29, 0.717) is 11.0 Å². The SMILES string of the molecule is CSc1cccc(C(Nc2nc(N)c3cnn(C)c3n2)c2cc(F)ccc2F)c1. The topological polar surface area (TPSA) is 81.6 Å². The summed E-state index contributed by atoms with van der Waals surface area (Å²) >= 11 is 1.56. The predicted octanol–water partition coefficient (Wildman–Crippen LogP) is 4.15. The molecule has 0 aliphatic carbocycles. The van der Waals surface area contributed by atoms with Gasteiger partial charge in [0.1, 0.15) is 17.5 Å². The number of nitrogens with one attached hydrogen (secondary N) is 1. The van der Waals surface area contributed by atoms with Crippen LogP contribution in [0.3, 0.4) is 0 Å². The molecule has 0 saturated heterocycles. The van der Waals surface area contributed by atoms with Gasteiger partial charge in [-0.25, -0.2) is 8.78 Å². The highest BCUT2D eigenvalue weighted by Gasteiger charge is 2.21. The summed E-state index contributed by atoms with van der Waals surface area (Å²) in [6.45, 7) is 0. The second-order valence-corrected chi connectivity index (χ2v) is 7.34. The van der Waals surface area contributed by atoms with Crippen molar-refractivity contribution in [1.29, 1.82) is 0 Å². The van der Waals surface area contributed by atoms with Crippen molar-refractivity contribution in [3.8, 4) is 0 Å². The first-order valence-corrected chi connectivity index (χ1v) is 9.99. The zero-order chi connectivity index (χ0) is 20.5. The number of aromatic nitrogens is 4. The van der Waals surface area contributed by atoms with Gasteiger partial charge in [0.15, 0.2) is 5.65 Å². The maximum Gasteiger partial charge on any atom is 0.227 e. The molecule has 2 aromatic carbocycles. The van der Waals surface area contributed by atoms with E-state index in [0.717, 1.165) is 22.6 Å². The zero-order valence-corrected chi connectivity index (χ0v) is 16.5. The Kier molecular flexibility index (Phi) is 5.06. The molecule has 0 bridgehead atoms. The summed E-state index contributed by atoms with van der Waals surface area (Å²) in [4.78, 5) is 9.73. The number of rotatable bonds is 5. The van der Waals surface area contributed by atoms with E-state index in [1.165, 1.54) is 6.07 Å². The molecule has 9 heteroatoms. The normalized spacial score (nSPS) is 12.3. The van der Waals surface area contributed by atoms with Crippen molar-refractivity contribution in [1.82, 2.24) is 19.7 Å². The Morgan fingerprint density at radius 2 is 1.97 bits per heavy atom. The molecule has 1 unspecified atom stereocenters. The average Bonchev–Trinajstić information content (AvgIpc) is 3.09. The lowest BCUT2D eigenvalue weighted by Gasteiger charge is -2.21. The van der Waals surface area contributed by atoms with Gasteiger partial charge >= 0.3 is 0 Å². The third kappa shape index (κ3) is 3.73. The first-order chi connectivity index (χ1) is 14.0. The summed E-state index contributed by atoms with van der Waals surface area (Å²) in [5.74, 6) is -0.617. The first kappa shape index (κ1) is 19.1. The minimum Gasteiger partial charge on any atom is -0.383 e. The number of hydrogen-bond donors (Lipinski definition) is 2. The fourth-order valence-electron chi connectivity index (χ4n) is 3.14. The van der Waals surface area contributed by atoms with Crippen LogP contribution >= 0.6 is 11.8 Å². The molecule has 4 aromatic rings. The lowest BCUT2D eigenvalue weighted by atomic mass is 9.98. The number of hydrogen-bond acceptors (Lipinski definition) is 6. The minimum absolute atomic E-state index is 0.149. The van der Waals surface area contributed by atoms with E-state index < -0.39 is 17.7 Å². The Balaban J connectivity index is 1.84. The van der Waals surface area contributed by atoms with Crippen LogP contribution in [0.4, 0.5) is 20.5 Å². The van der Waals surface area contributed by atoms with Crippen molar-refractivity contribution in [3.63, 3.8) is 0 Å². The number of fused-ring (bicyclic) bond motifs is 1. The molecule has 0 aliphatic rings. The van der Waals surface area contributed by atoms with Gasteiger partial charge in [-0.3, -0.25) is 4.68 Å². The number of halogens is 2. The summed E-state index contributed by atoms with van der Waals surface area (Å²) in [6.07, 6.45) is 3.53. The highest BCUT2D eigenvalue weighted by Crippen LogP contribution is 2.31. The summed E-state index contributed by atoms with van der Waals surface area (Å²) in [5.41, 5.74) is 7.47. The summed E-state index contributed by atoms with van der Waals surface area (Å²) in [7, 11) is 1.74. The van der Waals surface area contributed by atoms with E-state index in [2.05, 4.69) is 20.4 Å². The monoisotopic (exact) mass is 412 g/mol. The number of anilines is 2. The molecular weight excluding hydrogens is 394 g/mol. The number of aryl methyl sites for hydroxylation is 1. The molecule has 2 aromatic heterocycles. The molecule has 3 N–H and O–H groups in total. The van der Waals surface area contributed by atoms with E-state index in [1.807, 2.05) is 30.5 Å². The van der Waals surface area contributed by atoms with Crippen molar-refractivity contribution in [2.24, 2.45) is 7.05 Å². The Labute approximate surface area is 170 Å². The first-order valence-electron chi connectivity index (χ1n) is 8.77. The number of nitrogen functional groups attached to an aromatic ring is 1. The van der Waals surface area contributed by atoms with E-state index in [1.54, 1.807) is 29.7 Å². The molecule has 0 radical (unpaired) electrons. The fraction of sp³-hybridized carbons (Fsp3) is 0.150. The van der Waals surface area contributed by atoms with E-state index in [-0.39, 0.29) is 17.3 Å². The highest BCUT2D eigenvalue weighted by atomic mass is 32.2. The van der Waals surface area contributed by atoms with Gasteiger partial charge in [-0.15, -0.1) is 11.8 Å². The maximum absolute atomic E-state index is 14.6. The van der Waals surface area contributed by atoms with Crippen LogP contribution in [-0.4, -0.2) is 26.0 Å². The molecule has 0 fully saturated rings. The maximum atomic E-state index is 14.6. The molecule has 2 heterocycles. The standard InChI is InChI=1S/C20H18F2N6S/c1-28-19-15(10-24-28)18(23)26-20(27-19)25-17(11-4-3-5-13(8-11)29-2)14-9-12(21)6-7-16(14)22/h3-10,17H,1-2H3,(H3,23,25,26,27). The van der Waals surface area contributed by atoms with Crippen LogP contribution in [0.1, 0.15) is 17.2 Å². The second kappa shape index (κ2) is 7.67. The largest absolute Gasteiger partial charge is 0.383 e. The van der Waals surface area contributed by atoms with Gasteiger partial charge in [0.05, 0.1) is 17.6 Å². The Morgan fingerprint density at radius 3 is 2.76 bits per heavy atom. The summed E-state index contributed by atoms with van der Waals surface area (Å²) in [6, 6.07) is 10.2. The lowest BCUT2D eigenvalue weighted by molar-refractivity contribution is 0.580. The molecular formula is C20H18F2N6S. The van der Waals surface area contributed by atoms with Crippen LogP contribution < -0.4 is 11.1 Å². The van der Waals surface area contributed by atoms with Crippen LogP contribution in [0, 0.1) is 11.6 Å².